The molecule has 0 radical (unpaired) electrons. The maximum absolute atomic E-state index is 14.0. The number of hydrogen-bond acceptors (Lipinski definition) is 6. The highest BCUT2D eigenvalue weighted by molar-refractivity contribution is 7.88. The van der Waals surface area contributed by atoms with Crippen molar-refractivity contribution in [2.24, 2.45) is 0 Å². The molecule has 1 N–H and O–H groups in total. The second-order valence-corrected chi connectivity index (χ2v) is 13.8. The number of aliphatic hydroxyl groups excluding tert-OH is 1. The van der Waals surface area contributed by atoms with Gasteiger partial charge in [-0.25, -0.2) is 13.4 Å². The Hall–Kier alpha value is -3.69. The summed E-state index contributed by atoms with van der Waals surface area (Å²) in [5, 5.41) is 10.1. The summed E-state index contributed by atoms with van der Waals surface area (Å²) >= 11 is 0. The van der Waals surface area contributed by atoms with Crippen LogP contribution in [-0.4, -0.2) is 67.7 Å². The van der Waals surface area contributed by atoms with E-state index in [0.29, 0.717) is 47.7 Å². The number of piperazine rings is 1. The number of rotatable bonds is 7. The fraction of sp³-hybridized carbons (Fsp3) is 0.419. The summed E-state index contributed by atoms with van der Waals surface area (Å²) in [5.41, 5.74) is -3.80. The van der Waals surface area contributed by atoms with Gasteiger partial charge in [-0.1, -0.05) is 24.3 Å². The highest BCUT2D eigenvalue weighted by Gasteiger charge is 2.41. The summed E-state index contributed by atoms with van der Waals surface area (Å²) < 4.78 is 107. The molecule has 0 unspecified atom stereocenters. The first-order chi connectivity index (χ1) is 21.2. The predicted molar refractivity (Wildman–Crippen MR) is 162 cm³/mol. The molecule has 0 aliphatic carbocycles. The minimum absolute atomic E-state index is 0.0109. The molecule has 1 amide bonds. The van der Waals surface area contributed by atoms with E-state index < -0.39 is 50.4 Å². The standard InChI is InChI=1S/C31H34F6N4O4S/c1-19-17-40(10-11-41(19)46(5,44)45)27-15-25(24-9-7-6-8-20(24)18-42)26(16-38-27)39(4)28(43)29(2,3)21-12-22(30(32,33)34)14-23(13-21)31(35,36)37/h6-9,12-16,19,42H,10-11,17-18H2,1-5H3/t19-/m0/s1. The smallest absolute Gasteiger partial charge is 0.392 e. The lowest BCUT2D eigenvalue weighted by molar-refractivity contribution is -0.143. The van der Waals surface area contributed by atoms with Crippen molar-refractivity contribution in [3.8, 4) is 11.1 Å². The third kappa shape index (κ3) is 7.15. The van der Waals surface area contributed by atoms with Gasteiger partial charge in [0.05, 0.1) is 41.3 Å². The van der Waals surface area contributed by atoms with E-state index in [0.717, 1.165) is 11.2 Å². The Bertz CT molecular complexity index is 1690. The van der Waals surface area contributed by atoms with Crippen LogP contribution < -0.4 is 9.80 Å². The van der Waals surface area contributed by atoms with Gasteiger partial charge in [-0.3, -0.25) is 4.79 Å². The van der Waals surface area contributed by atoms with Crippen molar-refractivity contribution in [1.82, 2.24) is 9.29 Å². The van der Waals surface area contributed by atoms with E-state index in [1.807, 2.05) is 4.90 Å². The van der Waals surface area contributed by atoms with Crippen LogP contribution in [0.2, 0.25) is 0 Å². The Balaban J connectivity index is 1.80. The average molecular weight is 673 g/mol. The number of benzene rings is 2. The van der Waals surface area contributed by atoms with E-state index in [2.05, 4.69) is 4.98 Å². The third-order valence-electron chi connectivity index (χ3n) is 8.17. The third-order valence-corrected chi connectivity index (χ3v) is 9.57. The molecule has 0 spiro atoms. The van der Waals surface area contributed by atoms with E-state index in [-0.39, 0.29) is 30.9 Å². The molecule has 8 nitrogen and oxygen atoms in total. The molecule has 2 heterocycles. The largest absolute Gasteiger partial charge is 0.416 e. The molecule has 15 heteroatoms. The topological polar surface area (TPSA) is 94.1 Å². The van der Waals surface area contributed by atoms with Gasteiger partial charge in [-0.15, -0.1) is 0 Å². The molecular weight excluding hydrogens is 638 g/mol. The summed E-state index contributed by atoms with van der Waals surface area (Å²) in [4.78, 5) is 21.5. The maximum Gasteiger partial charge on any atom is 0.416 e. The number of aliphatic hydroxyl groups is 1. The van der Waals surface area contributed by atoms with Crippen LogP contribution in [0.5, 0.6) is 0 Å². The first kappa shape index (κ1) is 35.2. The van der Waals surface area contributed by atoms with Crippen LogP contribution in [0, 0.1) is 0 Å². The van der Waals surface area contributed by atoms with Crippen LogP contribution in [0.15, 0.2) is 54.7 Å². The lowest BCUT2D eigenvalue weighted by Crippen LogP contribution is -2.53. The number of sulfonamides is 1. The molecule has 1 atom stereocenters. The van der Waals surface area contributed by atoms with Crippen molar-refractivity contribution in [3.63, 3.8) is 0 Å². The number of halogens is 6. The zero-order chi connectivity index (χ0) is 34.4. The van der Waals surface area contributed by atoms with Gasteiger partial charge in [-0.05, 0) is 61.7 Å². The molecule has 1 aliphatic heterocycles. The zero-order valence-corrected chi connectivity index (χ0v) is 26.6. The number of hydrogen-bond donors (Lipinski definition) is 1. The maximum atomic E-state index is 14.0. The Kier molecular flexibility index (Phi) is 9.55. The van der Waals surface area contributed by atoms with Crippen molar-refractivity contribution in [2.75, 3.05) is 42.7 Å². The van der Waals surface area contributed by atoms with E-state index in [1.165, 1.54) is 31.4 Å². The van der Waals surface area contributed by atoms with Gasteiger partial charge in [0, 0.05) is 38.3 Å². The van der Waals surface area contributed by atoms with Gasteiger partial charge in [0.15, 0.2) is 0 Å². The monoisotopic (exact) mass is 672 g/mol. The summed E-state index contributed by atoms with van der Waals surface area (Å²) in [6, 6.07) is 9.15. The number of carbonyl (C=O) groups excluding carboxylic acids is 1. The predicted octanol–water partition coefficient (Wildman–Crippen LogP) is 5.69. The normalized spacial score (nSPS) is 16.9. The number of carbonyl (C=O) groups is 1. The second kappa shape index (κ2) is 12.5. The highest BCUT2D eigenvalue weighted by atomic mass is 32.2. The molecule has 250 valence electrons. The summed E-state index contributed by atoms with van der Waals surface area (Å²) in [5.74, 6) is -0.369. The number of nitrogens with zero attached hydrogens (tertiary/aromatic N) is 4. The van der Waals surface area contributed by atoms with Gasteiger partial charge in [0.1, 0.15) is 5.82 Å². The van der Waals surface area contributed by atoms with Crippen molar-refractivity contribution < 1.29 is 44.7 Å². The van der Waals surface area contributed by atoms with Crippen LogP contribution in [0.4, 0.5) is 37.8 Å². The Morgan fingerprint density at radius 2 is 1.52 bits per heavy atom. The molecule has 1 aliphatic rings. The van der Waals surface area contributed by atoms with Gasteiger partial charge in [-0.2, -0.15) is 30.6 Å². The minimum atomic E-state index is -5.09. The second-order valence-electron chi connectivity index (χ2n) is 11.8. The molecular formula is C31H34F6N4O4S. The molecule has 4 rings (SSSR count). The number of pyridine rings is 1. The lowest BCUT2D eigenvalue weighted by Gasteiger charge is -2.39. The molecule has 0 saturated carbocycles. The van der Waals surface area contributed by atoms with Crippen molar-refractivity contribution in [3.05, 3.63) is 77.0 Å². The van der Waals surface area contributed by atoms with Crippen LogP contribution >= 0.6 is 0 Å². The van der Waals surface area contributed by atoms with Gasteiger partial charge in [0.2, 0.25) is 15.9 Å². The van der Waals surface area contributed by atoms with E-state index in [9.17, 15) is 44.7 Å². The molecule has 1 fully saturated rings. The number of aromatic nitrogens is 1. The SMILES string of the molecule is C[C@H]1CN(c2cc(-c3ccccc3CO)c(N(C)C(=O)C(C)(C)c3cc(C(F)(F)F)cc(C(F)(F)F)c3)cn2)CCN1S(C)(=O)=O. The summed E-state index contributed by atoms with van der Waals surface area (Å²) in [6.07, 6.45) is -7.68. The van der Waals surface area contributed by atoms with Crippen LogP contribution in [0.25, 0.3) is 11.1 Å². The molecule has 0 bridgehead atoms. The number of amides is 1. The fourth-order valence-corrected chi connectivity index (χ4v) is 6.76. The zero-order valence-electron chi connectivity index (χ0n) is 25.7. The summed E-state index contributed by atoms with van der Waals surface area (Å²) in [7, 11) is -2.09. The molecule has 1 aromatic heterocycles. The van der Waals surface area contributed by atoms with Crippen LogP contribution in [-0.2, 0) is 39.2 Å². The fourth-order valence-electron chi connectivity index (χ4n) is 5.62. The van der Waals surface area contributed by atoms with Crippen LogP contribution in [0.1, 0.15) is 43.0 Å². The van der Waals surface area contributed by atoms with Crippen molar-refractivity contribution in [1.29, 1.82) is 0 Å². The van der Waals surface area contributed by atoms with E-state index >= 15 is 0 Å². The van der Waals surface area contributed by atoms with E-state index in [4.69, 9.17) is 0 Å². The van der Waals surface area contributed by atoms with Gasteiger partial charge < -0.3 is 14.9 Å². The van der Waals surface area contributed by atoms with Crippen LogP contribution in [0.3, 0.4) is 0 Å². The molecule has 3 aromatic rings. The van der Waals surface area contributed by atoms with Gasteiger partial charge in [0.25, 0.3) is 0 Å². The van der Waals surface area contributed by atoms with E-state index in [1.54, 1.807) is 37.3 Å². The lowest BCUT2D eigenvalue weighted by atomic mass is 9.81. The Labute approximate surface area is 263 Å². The Morgan fingerprint density at radius 1 is 0.957 bits per heavy atom. The average Bonchev–Trinajstić information content (AvgIpc) is 2.98. The molecule has 2 aromatic carbocycles. The molecule has 1 saturated heterocycles. The minimum Gasteiger partial charge on any atom is -0.392 e. The number of alkyl halides is 6. The summed E-state index contributed by atoms with van der Waals surface area (Å²) in [6.45, 7) is 4.69. The first-order valence-corrected chi connectivity index (χ1v) is 16.0. The Morgan fingerprint density at radius 3 is 2.04 bits per heavy atom. The van der Waals surface area contributed by atoms with Crippen molar-refractivity contribution in [2.45, 2.75) is 51.2 Å². The first-order valence-electron chi connectivity index (χ1n) is 14.1. The number of anilines is 2. The molecule has 46 heavy (non-hydrogen) atoms. The highest BCUT2D eigenvalue weighted by Crippen LogP contribution is 2.41. The number of likely N-dealkylation sites (N-methyl/N-ethyl adjacent to an activating group) is 1. The van der Waals surface area contributed by atoms with Crippen molar-refractivity contribution >= 4 is 27.4 Å². The van der Waals surface area contributed by atoms with Gasteiger partial charge >= 0.3 is 12.4 Å². The quantitative estimate of drug-likeness (QED) is 0.325.